The minimum Gasteiger partial charge on any atom is -0.393 e. The molecule has 1 spiro atoms. The van der Waals surface area contributed by atoms with Gasteiger partial charge in [0.15, 0.2) is 0 Å². The van der Waals surface area contributed by atoms with Crippen molar-refractivity contribution in [3.8, 4) is 0 Å². The van der Waals surface area contributed by atoms with Crippen molar-refractivity contribution < 1.29 is 5.11 Å². The van der Waals surface area contributed by atoms with E-state index in [2.05, 4.69) is 5.32 Å². The molecule has 18 heavy (non-hydrogen) atoms. The zero-order valence-electron chi connectivity index (χ0n) is 11.7. The molecule has 2 heteroatoms. The maximum atomic E-state index is 9.54. The van der Waals surface area contributed by atoms with Crippen LogP contribution in [0.15, 0.2) is 0 Å². The summed E-state index contributed by atoms with van der Waals surface area (Å²) in [7, 11) is 0. The molecular weight excluding hydrogens is 222 g/mol. The summed E-state index contributed by atoms with van der Waals surface area (Å²) in [6, 6.07) is 0.824. The summed E-state index contributed by atoms with van der Waals surface area (Å²) in [5.74, 6) is 0.828. The van der Waals surface area contributed by atoms with Crippen molar-refractivity contribution in [2.24, 2.45) is 11.3 Å². The molecule has 0 amide bonds. The summed E-state index contributed by atoms with van der Waals surface area (Å²) in [6.07, 6.45) is 14.8. The van der Waals surface area contributed by atoms with Crippen LogP contribution in [0.25, 0.3) is 0 Å². The van der Waals surface area contributed by atoms with Crippen LogP contribution in [0.3, 0.4) is 0 Å². The van der Waals surface area contributed by atoms with E-state index in [4.69, 9.17) is 0 Å². The highest BCUT2D eigenvalue weighted by atomic mass is 16.3. The van der Waals surface area contributed by atoms with E-state index in [1.54, 1.807) is 0 Å². The molecule has 3 fully saturated rings. The molecule has 2 N–H and O–H groups in total. The molecule has 0 aromatic carbocycles. The van der Waals surface area contributed by atoms with Gasteiger partial charge in [-0.25, -0.2) is 0 Å². The molecule has 0 aromatic heterocycles. The molecule has 104 valence electrons. The standard InChI is InChI=1S/C16H29NO/c18-14-6-4-13(5-7-14)12-17-15-8-11-16(15)9-2-1-3-10-16/h13-15,17-18H,1-12H2. The quantitative estimate of drug-likeness (QED) is 0.807. The largest absolute Gasteiger partial charge is 0.393 e. The zero-order chi connectivity index (χ0) is 12.4. The topological polar surface area (TPSA) is 32.3 Å². The molecule has 0 bridgehead atoms. The first-order valence-corrected chi connectivity index (χ1v) is 8.20. The SMILES string of the molecule is OC1CCC(CNC2CCC23CCCCC3)CC1. The van der Waals surface area contributed by atoms with Gasteiger partial charge in [0.05, 0.1) is 6.10 Å². The van der Waals surface area contributed by atoms with Crippen molar-refractivity contribution in [3.63, 3.8) is 0 Å². The first kappa shape index (κ1) is 12.9. The maximum absolute atomic E-state index is 9.54. The van der Waals surface area contributed by atoms with Crippen LogP contribution in [-0.2, 0) is 0 Å². The van der Waals surface area contributed by atoms with Crippen LogP contribution >= 0.6 is 0 Å². The molecule has 0 aliphatic heterocycles. The van der Waals surface area contributed by atoms with Crippen molar-refractivity contribution >= 4 is 0 Å². The van der Waals surface area contributed by atoms with E-state index in [1.807, 2.05) is 0 Å². The number of hydrogen-bond donors (Lipinski definition) is 2. The Bertz CT molecular complexity index is 264. The average Bonchev–Trinajstić information content (AvgIpc) is 2.41. The van der Waals surface area contributed by atoms with Crippen molar-refractivity contribution in [2.45, 2.75) is 82.8 Å². The predicted molar refractivity (Wildman–Crippen MR) is 74.5 cm³/mol. The van der Waals surface area contributed by atoms with Gasteiger partial charge in [-0.15, -0.1) is 0 Å². The van der Waals surface area contributed by atoms with Gasteiger partial charge in [0.25, 0.3) is 0 Å². The molecule has 3 rings (SSSR count). The van der Waals surface area contributed by atoms with E-state index in [0.717, 1.165) is 24.8 Å². The Morgan fingerprint density at radius 2 is 1.61 bits per heavy atom. The second kappa shape index (κ2) is 5.50. The van der Waals surface area contributed by atoms with E-state index in [1.165, 1.54) is 64.3 Å². The molecule has 1 unspecified atom stereocenters. The van der Waals surface area contributed by atoms with Gasteiger partial charge in [0.1, 0.15) is 0 Å². The van der Waals surface area contributed by atoms with Gasteiger partial charge in [0.2, 0.25) is 0 Å². The molecule has 0 heterocycles. The normalized spacial score (nSPS) is 39.5. The summed E-state index contributed by atoms with van der Waals surface area (Å²) >= 11 is 0. The van der Waals surface area contributed by atoms with Gasteiger partial charge in [-0.2, -0.15) is 0 Å². The molecule has 3 aliphatic rings. The first-order valence-electron chi connectivity index (χ1n) is 8.20. The lowest BCUT2D eigenvalue weighted by Gasteiger charge is -2.53. The predicted octanol–water partition coefficient (Wildman–Crippen LogP) is 3.24. The minimum atomic E-state index is -0.00496. The van der Waals surface area contributed by atoms with E-state index < -0.39 is 0 Å². The second-order valence-electron chi connectivity index (χ2n) is 7.10. The molecule has 3 saturated carbocycles. The smallest absolute Gasteiger partial charge is 0.0540 e. The third-order valence-electron chi connectivity index (χ3n) is 5.99. The van der Waals surface area contributed by atoms with Crippen molar-refractivity contribution in [3.05, 3.63) is 0 Å². The zero-order valence-corrected chi connectivity index (χ0v) is 11.7. The highest BCUT2D eigenvalue weighted by Crippen LogP contribution is 2.51. The lowest BCUT2D eigenvalue weighted by molar-refractivity contribution is 0.0182. The Balaban J connectivity index is 1.43. The van der Waals surface area contributed by atoms with E-state index in [9.17, 15) is 5.11 Å². The summed E-state index contributed by atoms with van der Waals surface area (Å²) in [5.41, 5.74) is 0.701. The number of hydrogen-bond acceptors (Lipinski definition) is 2. The Hall–Kier alpha value is -0.0800. The van der Waals surface area contributed by atoms with Gasteiger partial charge in [-0.1, -0.05) is 19.3 Å². The van der Waals surface area contributed by atoms with Crippen LogP contribution in [0.2, 0.25) is 0 Å². The van der Waals surface area contributed by atoms with Crippen LogP contribution in [0.4, 0.5) is 0 Å². The number of aliphatic hydroxyl groups is 1. The van der Waals surface area contributed by atoms with E-state index >= 15 is 0 Å². The fraction of sp³-hybridized carbons (Fsp3) is 1.00. The van der Waals surface area contributed by atoms with Gasteiger partial charge in [0, 0.05) is 6.04 Å². The molecule has 3 aliphatic carbocycles. The third-order valence-corrected chi connectivity index (χ3v) is 5.99. The monoisotopic (exact) mass is 251 g/mol. The van der Waals surface area contributed by atoms with Crippen LogP contribution in [-0.4, -0.2) is 23.8 Å². The number of rotatable bonds is 3. The highest BCUT2D eigenvalue weighted by Gasteiger charge is 2.46. The molecule has 0 saturated heterocycles. The van der Waals surface area contributed by atoms with Gasteiger partial charge < -0.3 is 10.4 Å². The summed E-state index contributed by atoms with van der Waals surface area (Å²) in [6.45, 7) is 1.21. The fourth-order valence-electron chi connectivity index (χ4n) is 4.53. The average molecular weight is 251 g/mol. The Morgan fingerprint density at radius 1 is 0.889 bits per heavy atom. The molecular formula is C16H29NO. The summed E-state index contributed by atoms with van der Waals surface area (Å²) < 4.78 is 0. The van der Waals surface area contributed by atoms with Crippen LogP contribution in [0.1, 0.15) is 70.6 Å². The van der Waals surface area contributed by atoms with Crippen molar-refractivity contribution in [2.75, 3.05) is 6.54 Å². The second-order valence-corrected chi connectivity index (χ2v) is 7.10. The number of aliphatic hydroxyl groups excluding tert-OH is 1. The molecule has 1 atom stereocenters. The Morgan fingerprint density at radius 3 is 2.22 bits per heavy atom. The van der Waals surface area contributed by atoms with Crippen LogP contribution in [0, 0.1) is 11.3 Å². The summed E-state index contributed by atoms with van der Waals surface area (Å²) in [4.78, 5) is 0. The lowest BCUT2D eigenvalue weighted by Crippen LogP contribution is -2.55. The van der Waals surface area contributed by atoms with Crippen LogP contribution < -0.4 is 5.32 Å². The maximum Gasteiger partial charge on any atom is 0.0540 e. The highest BCUT2D eigenvalue weighted by molar-refractivity contribution is 5.01. The third kappa shape index (κ3) is 2.60. The first-order chi connectivity index (χ1) is 8.78. The van der Waals surface area contributed by atoms with E-state index in [-0.39, 0.29) is 6.10 Å². The fourth-order valence-corrected chi connectivity index (χ4v) is 4.53. The summed E-state index contributed by atoms with van der Waals surface area (Å²) in [5, 5.41) is 13.4. The van der Waals surface area contributed by atoms with Gasteiger partial charge in [-0.05, 0) is 69.2 Å². The minimum absolute atomic E-state index is 0.00496. The van der Waals surface area contributed by atoms with Gasteiger partial charge in [-0.3, -0.25) is 0 Å². The lowest BCUT2D eigenvalue weighted by atomic mass is 9.57. The Labute approximate surface area is 112 Å². The molecule has 2 nitrogen and oxygen atoms in total. The van der Waals surface area contributed by atoms with Crippen molar-refractivity contribution in [1.82, 2.24) is 5.32 Å². The van der Waals surface area contributed by atoms with Gasteiger partial charge >= 0.3 is 0 Å². The number of nitrogens with one attached hydrogen (secondary N) is 1. The molecule has 0 radical (unpaired) electrons. The molecule has 0 aromatic rings. The van der Waals surface area contributed by atoms with Crippen LogP contribution in [0.5, 0.6) is 0 Å². The van der Waals surface area contributed by atoms with E-state index in [0.29, 0.717) is 5.41 Å². The van der Waals surface area contributed by atoms with Crippen molar-refractivity contribution in [1.29, 1.82) is 0 Å². The Kier molecular flexibility index (Phi) is 3.95.